The third-order valence-electron chi connectivity index (χ3n) is 5.34. The molecule has 0 unspecified atom stereocenters. The summed E-state index contributed by atoms with van der Waals surface area (Å²) in [5, 5.41) is 0.747. The zero-order chi connectivity index (χ0) is 20.9. The monoisotopic (exact) mass is 407 g/mol. The Labute approximate surface area is 175 Å². The fourth-order valence-electron chi connectivity index (χ4n) is 3.60. The molecule has 0 aliphatic carbocycles. The lowest BCUT2D eigenvalue weighted by atomic mass is 10.0. The largest absolute Gasteiger partial charge is 0.489 e. The van der Waals surface area contributed by atoms with Crippen LogP contribution in [0.5, 0.6) is 5.75 Å². The summed E-state index contributed by atoms with van der Waals surface area (Å²) in [6, 6.07) is 15.1. The van der Waals surface area contributed by atoms with Crippen molar-refractivity contribution in [2.75, 3.05) is 32.8 Å². The lowest BCUT2D eigenvalue weighted by Crippen LogP contribution is -2.37. The molecule has 6 heteroatoms. The highest BCUT2D eigenvalue weighted by Gasteiger charge is 2.18. The summed E-state index contributed by atoms with van der Waals surface area (Å²) in [6.07, 6.45) is 0.285. The number of hydrogen-bond acceptors (Lipinski definition) is 6. The van der Waals surface area contributed by atoms with Crippen molar-refractivity contribution in [3.05, 3.63) is 75.6 Å². The zero-order valence-electron chi connectivity index (χ0n) is 17.1. The molecule has 1 saturated heterocycles. The van der Waals surface area contributed by atoms with E-state index in [1.165, 1.54) is 0 Å². The van der Waals surface area contributed by atoms with Gasteiger partial charge in [0.05, 0.1) is 13.2 Å². The molecular formula is C24H25NO5. The summed E-state index contributed by atoms with van der Waals surface area (Å²) in [5.74, 6) is 0.430. The van der Waals surface area contributed by atoms with Crippen LogP contribution in [-0.4, -0.2) is 43.5 Å². The van der Waals surface area contributed by atoms with Crippen molar-refractivity contribution in [3.8, 4) is 5.75 Å². The summed E-state index contributed by atoms with van der Waals surface area (Å²) >= 11 is 0. The zero-order valence-corrected chi connectivity index (χ0v) is 17.1. The minimum absolute atomic E-state index is 0.108. The van der Waals surface area contributed by atoms with Crippen molar-refractivity contribution >= 4 is 16.8 Å². The molecule has 0 bridgehead atoms. The van der Waals surface area contributed by atoms with Crippen LogP contribution >= 0.6 is 0 Å². The molecule has 0 amide bonds. The van der Waals surface area contributed by atoms with Crippen LogP contribution in [-0.2, 0) is 11.3 Å². The van der Waals surface area contributed by atoms with Crippen molar-refractivity contribution in [3.63, 3.8) is 0 Å². The maximum absolute atomic E-state index is 12.6. The molecule has 2 heterocycles. The topological polar surface area (TPSA) is 69.0 Å². The highest BCUT2D eigenvalue weighted by molar-refractivity contribution is 5.98. The van der Waals surface area contributed by atoms with Gasteiger partial charge in [0.15, 0.2) is 5.78 Å². The van der Waals surface area contributed by atoms with Crippen LogP contribution in [0.15, 0.2) is 57.7 Å². The third-order valence-corrected chi connectivity index (χ3v) is 5.34. The number of ketones is 1. The van der Waals surface area contributed by atoms with Crippen molar-refractivity contribution in [1.82, 2.24) is 4.90 Å². The van der Waals surface area contributed by atoms with E-state index in [4.69, 9.17) is 13.9 Å². The SMILES string of the molecule is Cc1cc(OCc2ccccc2)cc2oc(=O)c(C(=O)CCN3CCOCC3)cc12. The number of nitrogens with zero attached hydrogens (tertiary/aromatic N) is 1. The molecule has 1 aromatic heterocycles. The first-order valence-corrected chi connectivity index (χ1v) is 10.2. The van der Waals surface area contributed by atoms with E-state index < -0.39 is 5.63 Å². The number of benzene rings is 2. The number of Topliss-reactive ketones (excluding diaryl/α,β-unsaturated/α-hetero) is 1. The van der Waals surface area contributed by atoms with Gasteiger partial charge in [0, 0.05) is 37.5 Å². The van der Waals surface area contributed by atoms with E-state index in [1.54, 1.807) is 12.1 Å². The summed E-state index contributed by atoms with van der Waals surface area (Å²) in [6.45, 7) is 5.94. The molecule has 3 aromatic rings. The molecule has 4 rings (SSSR count). The fraction of sp³-hybridized carbons (Fsp3) is 0.333. The number of morpholine rings is 1. The van der Waals surface area contributed by atoms with Gasteiger partial charge >= 0.3 is 5.63 Å². The molecule has 2 aromatic carbocycles. The second-order valence-corrected chi connectivity index (χ2v) is 7.50. The molecule has 1 fully saturated rings. The lowest BCUT2D eigenvalue weighted by molar-refractivity contribution is 0.0370. The van der Waals surface area contributed by atoms with Gasteiger partial charge in [0.1, 0.15) is 23.5 Å². The average molecular weight is 407 g/mol. The molecule has 30 heavy (non-hydrogen) atoms. The van der Waals surface area contributed by atoms with E-state index in [1.807, 2.05) is 43.3 Å². The molecule has 0 spiro atoms. The highest BCUT2D eigenvalue weighted by Crippen LogP contribution is 2.26. The van der Waals surface area contributed by atoms with E-state index in [0.29, 0.717) is 37.7 Å². The average Bonchev–Trinajstić information content (AvgIpc) is 2.77. The smallest absolute Gasteiger partial charge is 0.347 e. The number of hydrogen-bond donors (Lipinski definition) is 0. The number of fused-ring (bicyclic) bond motifs is 1. The van der Waals surface area contributed by atoms with Crippen LogP contribution in [0.2, 0.25) is 0 Å². The van der Waals surface area contributed by atoms with Crippen molar-refractivity contribution in [2.24, 2.45) is 0 Å². The van der Waals surface area contributed by atoms with Gasteiger partial charge in [0.25, 0.3) is 0 Å². The minimum Gasteiger partial charge on any atom is -0.489 e. The molecule has 0 atom stereocenters. The van der Waals surface area contributed by atoms with Gasteiger partial charge in [-0.3, -0.25) is 9.69 Å². The predicted octanol–water partition coefficient (Wildman–Crippen LogP) is 3.59. The molecular weight excluding hydrogens is 382 g/mol. The molecule has 0 saturated carbocycles. The maximum Gasteiger partial charge on any atom is 0.347 e. The molecule has 156 valence electrons. The lowest BCUT2D eigenvalue weighted by Gasteiger charge is -2.26. The Bertz CT molecular complexity index is 1080. The highest BCUT2D eigenvalue weighted by atomic mass is 16.5. The van der Waals surface area contributed by atoms with Crippen molar-refractivity contribution < 1.29 is 18.7 Å². The Hall–Kier alpha value is -2.96. The van der Waals surface area contributed by atoms with Crippen LogP contribution in [0, 0.1) is 6.92 Å². The number of ether oxygens (including phenoxy) is 2. The Morgan fingerprint density at radius 2 is 1.87 bits per heavy atom. The van der Waals surface area contributed by atoms with Crippen molar-refractivity contribution in [2.45, 2.75) is 20.0 Å². The molecule has 0 N–H and O–H groups in total. The van der Waals surface area contributed by atoms with Crippen LogP contribution in [0.25, 0.3) is 11.0 Å². The van der Waals surface area contributed by atoms with Gasteiger partial charge in [-0.2, -0.15) is 0 Å². The maximum atomic E-state index is 12.6. The van der Waals surface area contributed by atoms with E-state index >= 15 is 0 Å². The Morgan fingerprint density at radius 3 is 2.63 bits per heavy atom. The van der Waals surface area contributed by atoms with Gasteiger partial charge in [-0.1, -0.05) is 30.3 Å². The summed E-state index contributed by atoms with van der Waals surface area (Å²) in [4.78, 5) is 27.3. The van der Waals surface area contributed by atoms with Gasteiger partial charge < -0.3 is 13.9 Å². The number of rotatable bonds is 7. The van der Waals surface area contributed by atoms with E-state index in [-0.39, 0.29) is 17.8 Å². The number of carbonyl (C=O) groups excluding carboxylic acids is 1. The first-order chi connectivity index (χ1) is 14.6. The van der Waals surface area contributed by atoms with Gasteiger partial charge in [0.2, 0.25) is 0 Å². The molecule has 0 radical (unpaired) electrons. The standard InChI is InChI=1S/C24H25NO5/c1-17-13-19(29-16-18-5-3-2-4-6-18)14-23-20(17)15-21(24(27)30-23)22(26)7-8-25-9-11-28-12-10-25/h2-6,13-15H,7-12,16H2,1H3. The second-order valence-electron chi connectivity index (χ2n) is 7.50. The molecule has 1 aliphatic rings. The third kappa shape index (κ3) is 4.78. The normalized spacial score (nSPS) is 14.7. The first-order valence-electron chi connectivity index (χ1n) is 10.2. The quantitative estimate of drug-likeness (QED) is 0.440. The van der Waals surface area contributed by atoms with Gasteiger partial charge in [-0.05, 0) is 30.2 Å². The first kappa shape index (κ1) is 20.3. The van der Waals surface area contributed by atoms with Crippen LogP contribution in [0.4, 0.5) is 0 Å². The predicted molar refractivity (Wildman–Crippen MR) is 114 cm³/mol. The van der Waals surface area contributed by atoms with Crippen LogP contribution in [0.3, 0.4) is 0 Å². The Kier molecular flexibility index (Phi) is 6.26. The summed E-state index contributed by atoms with van der Waals surface area (Å²) < 4.78 is 16.7. The number of aryl methyl sites for hydroxylation is 1. The number of carbonyl (C=O) groups is 1. The van der Waals surface area contributed by atoms with Crippen molar-refractivity contribution in [1.29, 1.82) is 0 Å². The summed E-state index contributed by atoms with van der Waals surface area (Å²) in [7, 11) is 0. The molecule has 6 nitrogen and oxygen atoms in total. The van der Waals surface area contributed by atoms with E-state index in [9.17, 15) is 9.59 Å². The second kappa shape index (κ2) is 9.24. The minimum atomic E-state index is -0.603. The van der Waals surface area contributed by atoms with Gasteiger partial charge in [-0.15, -0.1) is 0 Å². The fourth-order valence-corrected chi connectivity index (χ4v) is 3.60. The van der Waals surface area contributed by atoms with Crippen LogP contribution in [0.1, 0.15) is 27.9 Å². The van der Waals surface area contributed by atoms with E-state index in [0.717, 1.165) is 29.6 Å². The Balaban J connectivity index is 1.50. The Morgan fingerprint density at radius 1 is 1.10 bits per heavy atom. The van der Waals surface area contributed by atoms with Gasteiger partial charge in [-0.25, -0.2) is 4.79 Å². The van der Waals surface area contributed by atoms with E-state index in [2.05, 4.69) is 4.90 Å². The van der Waals surface area contributed by atoms with Crippen LogP contribution < -0.4 is 10.4 Å². The summed E-state index contributed by atoms with van der Waals surface area (Å²) in [5.41, 5.74) is 1.87. The molecule has 1 aliphatic heterocycles.